The van der Waals surface area contributed by atoms with Crippen LogP contribution < -0.4 is 5.32 Å². The Morgan fingerprint density at radius 1 is 1.10 bits per heavy atom. The van der Waals surface area contributed by atoms with E-state index in [1.807, 2.05) is 0 Å². The fourth-order valence-electron chi connectivity index (χ4n) is 4.60. The topological polar surface area (TPSA) is 15.3 Å². The lowest BCUT2D eigenvalue weighted by Gasteiger charge is -2.55. The number of nitrogens with one attached hydrogen (secondary N) is 1. The third-order valence-electron chi connectivity index (χ3n) is 5.67. The van der Waals surface area contributed by atoms with E-state index in [4.69, 9.17) is 0 Å². The lowest BCUT2D eigenvalue weighted by atomic mass is 9.76. The van der Waals surface area contributed by atoms with Gasteiger partial charge in [0.05, 0.1) is 0 Å². The molecule has 0 aromatic heterocycles. The maximum absolute atomic E-state index is 3.90. The largest absolute Gasteiger partial charge is 0.311 e. The third kappa shape index (κ3) is 3.57. The number of hydrogen-bond acceptors (Lipinski definition) is 2. The molecule has 2 nitrogen and oxygen atoms in total. The Balaban J connectivity index is 2.11. The van der Waals surface area contributed by atoms with Gasteiger partial charge in [-0.25, -0.2) is 0 Å². The number of rotatable bonds is 5. The van der Waals surface area contributed by atoms with Crippen molar-refractivity contribution in [3.8, 4) is 0 Å². The Bertz CT molecular complexity index is 277. The summed E-state index contributed by atoms with van der Waals surface area (Å²) in [5.74, 6) is 0.802. The summed E-state index contributed by atoms with van der Waals surface area (Å²) in [6.07, 6.45) is 11.1. The van der Waals surface area contributed by atoms with Crippen molar-refractivity contribution in [1.82, 2.24) is 10.2 Å². The molecule has 2 rings (SSSR count). The molecular weight excluding hydrogens is 244 g/mol. The summed E-state index contributed by atoms with van der Waals surface area (Å²) >= 11 is 0. The molecule has 1 saturated carbocycles. The summed E-state index contributed by atoms with van der Waals surface area (Å²) < 4.78 is 0. The summed E-state index contributed by atoms with van der Waals surface area (Å²) in [7, 11) is 0. The molecule has 1 aliphatic carbocycles. The molecule has 1 heterocycles. The predicted octanol–water partition coefficient (Wildman–Crippen LogP) is 4.20. The van der Waals surface area contributed by atoms with Crippen LogP contribution in [-0.2, 0) is 0 Å². The van der Waals surface area contributed by atoms with Crippen molar-refractivity contribution in [2.75, 3.05) is 13.1 Å². The molecule has 1 N–H and O–H groups in total. The second kappa shape index (κ2) is 7.26. The normalized spacial score (nSPS) is 27.6. The van der Waals surface area contributed by atoms with E-state index in [0.717, 1.165) is 12.0 Å². The predicted molar refractivity (Wildman–Crippen MR) is 88.1 cm³/mol. The van der Waals surface area contributed by atoms with E-state index in [1.165, 1.54) is 64.5 Å². The van der Waals surface area contributed by atoms with Crippen molar-refractivity contribution in [3.63, 3.8) is 0 Å². The van der Waals surface area contributed by atoms with Gasteiger partial charge in [0, 0.05) is 30.7 Å². The van der Waals surface area contributed by atoms with E-state index >= 15 is 0 Å². The van der Waals surface area contributed by atoms with Crippen LogP contribution in [0.5, 0.6) is 0 Å². The molecule has 0 bridgehead atoms. The highest BCUT2D eigenvalue weighted by atomic mass is 15.3. The zero-order chi connectivity index (χ0) is 14.6. The maximum Gasteiger partial charge on any atom is 0.0337 e. The quantitative estimate of drug-likeness (QED) is 0.812. The van der Waals surface area contributed by atoms with E-state index in [2.05, 4.69) is 37.9 Å². The molecule has 2 fully saturated rings. The monoisotopic (exact) mass is 280 g/mol. The first-order chi connectivity index (χ1) is 9.61. The van der Waals surface area contributed by atoms with E-state index in [0.29, 0.717) is 11.6 Å². The first kappa shape index (κ1) is 16.3. The zero-order valence-electron chi connectivity index (χ0n) is 14.3. The minimum absolute atomic E-state index is 0.489. The van der Waals surface area contributed by atoms with Gasteiger partial charge in [0.1, 0.15) is 0 Å². The minimum atomic E-state index is 0.489. The molecule has 1 atom stereocenters. The Morgan fingerprint density at radius 3 is 2.30 bits per heavy atom. The molecule has 0 radical (unpaired) electrons. The van der Waals surface area contributed by atoms with Gasteiger partial charge in [0.15, 0.2) is 0 Å². The van der Waals surface area contributed by atoms with Crippen LogP contribution in [-0.4, -0.2) is 35.6 Å². The Labute approximate surface area is 126 Å². The van der Waals surface area contributed by atoms with Crippen LogP contribution in [0.3, 0.4) is 0 Å². The van der Waals surface area contributed by atoms with Gasteiger partial charge < -0.3 is 5.32 Å². The molecule has 1 saturated heterocycles. The summed E-state index contributed by atoms with van der Waals surface area (Å²) in [6, 6.07) is 1.51. The lowest BCUT2D eigenvalue weighted by Crippen LogP contribution is -2.67. The minimum Gasteiger partial charge on any atom is -0.311 e. The first-order valence-corrected chi connectivity index (χ1v) is 9.11. The molecular formula is C18H36N2. The highest BCUT2D eigenvalue weighted by molar-refractivity contribution is 5.02. The fraction of sp³-hybridized carbons (Fsp3) is 1.00. The van der Waals surface area contributed by atoms with Crippen LogP contribution in [0.25, 0.3) is 0 Å². The van der Waals surface area contributed by atoms with Crippen LogP contribution in [0.15, 0.2) is 0 Å². The van der Waals surface area contributed by atoms with E-state index in [9.17, 15) is 0 Å². The summed E-state index contributed by atoms with van der Waals surface area (Å²) in [6.45, 7) is 12.0. The average Bonchev–Trinajstić information content (AvgIpc) is 2.44. The summed E-state index contributed by atoms with van der Waals surface area (Å²) in [5, 5.41) is 3.90. The maximum atomic E-state index is 3.90. The second-order valence-corrected chi connectivity index (χ2v) is 7.62. The van der Waals surface area contributed by atoms with Crippen LogP contribution in [0.1, 0.15) is 79.1 Å². The molecule has 118 valence electrons. The molecule has 1 unspecified atom stereocenters. The van der Waals surface area contributed by atoms with Crippen molar-refractivity contribution in [2.24, 2.45) is 5.92 Å². The van der Waals surface area contributed by atoms with Gasteiger partial charge in [0.25, 0.3) is 0 Å². The van der Waals surface area contributed by atoms with Crippen LogP contribution in [0.4, 0.5) is 0 Å². The van der Waals surface area contributed by atoms with Crippen LogP contribution >= 0.6 is 0 Å². The SMILES string of the molecule is CCC(CC)N1CC(CC(C)C)NCC12CCCCC2. The van der Waals surface area contributed by atoms with Gasteiger partial charge in [-0.3, -0.25) is 4.90 Å². The van der Waals surface area contributed by atoms with Gasteiger partial charge in [0.2, 0.25) is 0 Å². The van der Waals surface area contributed by atoms with Crippen molar-refractivity contribution in [3.05, 3.63) is 0 Å². The van der Waals surface area contributed by atoms with E-state index < -0.39 is 0 Å². The van der Waals surface area contributed by atoms with E-state index in [1.54, 1.807) is 0 Å². The standard InChI is InChI=1S/C18H36N2/c1-5-17(6-2)20-13-16(12-15(3)4)19-14-18(20)10-8-7-9-11-18/h15-17,19H,5-14H2,1-4H3. The van der Waals surface area contributed by atoms with Gasteiger partial charge >= 0.3 is 0 Å². The van der Waals surface area contributed by atoms with Gasteiger partial charge in [-0.2, -0.15) is 0 Å². The molecule has 1 spiro atoms. The fourth-order valence-corrected chi connectivity index (χ4v) is 4.60. The van der Waals surface area contributed by atoms with Gasteiger partial charge in [-0.15, -0.1) is 0 Å². The first-order valence-electron chi connectivity index (χ1n) is 9.11. The van der Waals surface area contributed by atoms with E-state index in [-0.39, 0.29) is 0 Å². The smallest absolute Gasteiger partial charge is 0.0337 e. The molecule has 0 aromatic rings. The Hall–Kier alpha value is -0.0800. The van der Waals surface area contributed by atoms with Gasteiger partial charge in [-0.05, 0) is 38.0 Å². The van der Waals surface area contributed by atoms with Crippen LogP contribution in [0.2, 0.25) is 0 Å². The highest BCUT2D eigenvalue weighted by Crippen LogP contribution is 2.38. The third-order valence-corrected chi connectivity index (χ3v) is 5.67. The molecule has 0 aromatic carbocycles. The highest BCUT2D eigenvalue weighted by Gasteiger charge is 2.44. The second-order valence-electron chi connectivity index (χ2n) is 7.62. The average molecular weight is 281 g/mol. The molecule has 2 aliphatic rings. The number of piperazine rings is 1. The van der Waals surface area contributed by atoms with Crippen LogP contribution in [0, 0.1) is 5.92 Å². The Morgan fingerprint density at radius 2 is 1.75 bits per heavy atom. The molecule has 20 heavy (non-hydrogen) atoms. The number of nitrogens with zero attached hydrogens (tertiary/aromatic N) is 1. The molecule has 1 aliphatic heterocycles. The summed E-state index contributed by atoms with van der Waals surface area (Å²) in [4.78, 5) is 2.94. The zero-order valence-corrected chi connectivity index (χ0v) is 14.3. The van der Waals surface area contributed by atoms with Crippen molar-refractivity contribution < 1.29 is 0 Å². The molecule has 2 heteroatoms. The lowest BCUT2D eigenvalue weighted by molar-refractivity contribution is -0.0278. The van der Waals surface area contributed by atoms with Crippen molar-refractivity contribution >= 4 is 0 Å². The van der Waals surface area contributed by atoms with Crippen molar-refractivity contribution in [2.45, 2.75) is 96.7 Å². The molecule has 0 amide bonds. The summed E-state index contributed by atoms with van der Waals surface area (Å²) in [5.41, 5.74) is 0.489. The number of hydrogen-bond donors (Lipinski definition) is 1. The van der Waals surface area contributed by atoms with Crippen molar-refractivity contribution in [1.29, 1.82) is 0 Å². The Kier molecular flexibility index (Phi) is 5.92. The van der Waals surface area contributed by atoms with Gasteiger partial charge in [-0.1, -0.05) is 47.0 Å².